The van der Waals surface area contributed by atoms with Crippen LogP contribution in [-0.4, -0.2) is 16.6 Å². The number of hydrogen-bond acceptors (Lipinski definition) is 3. The van der Waals surface area contributed by atoms with Crippen molar-refractivity contribution in [2.45, 2.75) is 38.1 Å². The molecule has 0 aliphatic rings. The minimum atomic E-state index is -1.10. The number of thiophene rings is 1. The molecule has 84 valence electrons. The Morgan fingerprint density at radius 1 is 1.67 bits per heavy atom. The van der Waals surface area contributed by atoms with E-state index in [1.54, 1.807) is 11.3 Å². The molecule has 0 aliphatic heterocycles. The lowest BCUT2D eigenvalue weighted by Gasteiger charge is -2.23. The number of carbonyl (C=O) groups is 1. The van der Waals surface area contributed by atoms with Gasteiger partial charge in [0, 0.05) is 11.3 Å². The number of hydrogen-bond donors (Lipinski definition) is 2. The lowest BCUT2D eigenvalue weighted by atomic mass is 9.89. The Hall–Kier alpha value is -0.870. The average molecular weight is 227 g/mol. The number of aliphatic carboxylic acids is 1. The summed E-state index contributed by atoms with van der Waals surface area (Å²) in [7, 11) is 0. The lowest BCUT2D eigenvalue weighted by molar-refractivity contribution is -0.143. The first-order chi connectivity index (χ1) is 7.08. The number of carboxylic acids is 1. The van der Waals surface area contributed by atoms with Crippen molar-refractivity contribution >= 4 is 17.3 Å². The fourth-order valence-electron chi connectivity index (χ4n) is 1.49. The fourth-order valence-corrected chi connectivity index (χ4v) is 2.32. The summed E-state index contributed by atoms with van der Waals surface area (Å²) >= 11 is 1.56. The molecule has 15 heavy (non-hydrogen) atoms. The summed E-state index contributed by atoms with van der Waals surface area (Å²) in [4.78, 5) is 12.2. The zero-order valence-corrected chi connectivity index (χ0v) is 9.72. The largest absolute Gasteiger partial charge is 0.480 e. The Balaban J connectivity index is 2.68. The monoisotopic (exact) mass is 227 g/mol. The van der Waals surface area contributed by atoms with Gasteiger partial charge in [0.15, 0.2) is 0 Å². The van der Waals surface area contributed by atoms with E-state index < -0.39 is 11.5 Å². The predicted octanol–water partition coefficient (Wildman–Crippen LogP) is 2.26. The van der Waals surface area contributed by atoms with Crippen LogP contribution in [0, 0.1) is 0 Å². The van der Waals surface area contributed by atoms with Gasteiger partial charge in [-0.1, -0.05) is 25.8 Å². The van der Waals surface area contributed by atoms with Crippen molar-refractivity contribution in [3.05, 3.63) is 22.4 Å². The van der Waals surface area contributed by atoms with Crippen LogP contribution >= 0.6 is 11.3 Å². The Kier molecular flexibility index (Phi) is 4.29. The van der Waals surface area contributed by atoms with Gasteiger partial charge in [-0.05, 0) is 17.9 Å². The fraction of sp³-hybridized carbons (Fsp3) is 0.545. The van der Waals surface area contributed by atoms with Crippen LogP contribution in [-0.2, 0) is 11.2 Å². The highest BCUT2D eigenvalue weighted by Crippen LogP contribution is 2.21. The topological polar surface area (TPSA) is 63.3 Å². The molecule has 0 amide bonds. The molecule has 1 rings (SSSR count). The molecule has 0 spiro atoms. The third-order valence-electron chi connectivity index (χ3n) is 2.47. The van der Waals surface area contributed by atoms with Gasteiger partial charge in [0.2, 0.25) is 0 Å². The standard InChI is InChI=1S/C11H17NO2S/c1-2-3-6-11(12,10(13)14)8-9-5-4-7-15-9/h4-5,7H,2-3,6,8,12H2,1H3,(H,13,14)/t11-/m0/s1. The average Bonchev–Trinajstić information content (AvgIpc) is 2.67. The highest BCUT2D eigenvalue weighted by Gasteiger charge is 2.33. The van der Waals surface area contributed by atoms with E-state index in [2.05, 4.69) is 0 Å². The maximum Gasteiger partial charge on any atom is 0.324 e. The Morgan fingerprint density at radius 3 is 2.87 bits per heavy atom. The summed E-state index contributed by atoms with van der Waals surface area (Å²) in [6.45, 7) is 2.04. The Bertz CT molecular complexity index is 310. The van der Waals surface area contributed by atoms with Crippen LogP contribution < -0.4 is 5.73 Å². The second-order valence-electron chi connectivity index (χ2n) is 3.82. The van der Waals surface area contributed by atoms with Gasteiger partial charge in [-0.2, -0.15) is 0 Å². The highest BCUT2D eigenvalue weighted by atomic mass is 32.1. The van der Waals surface area contributed by atoms with E-state index in [1.807, 2.05) is 24.4 Å². The van der Waals surface area contributed by atoms with Crippen LogP contribution in [0.5, 0.6) is 0 Å². The Morgan fingerprint density at radius 2 is 2.40 bits per heavy atom. The van der Waals surface area contributed by atoms with Crippen molar-refractivity contribution in [2.75, 3.05) is 0 Å². The van der Waals surface area contributed by atoms with E-state index in [4.69, 9.17) is 10.8 Å². The van der Waals surface area contributed by atoms with Crippen molar-refractivity contribution in [3.63, 3.8) is 0 Å². The number of rotatable bonds is 6. The van der Waals surface area contributed by atoms with Crippen LogP contribution in [0.3, 0.4) is 0 Å². The van der Waals surface area contributed by atoms with Crippen LogP contribution in [0.2, 0.25) is 0 Å². The second-order valence-corrected chi connectivity index (χ2v) is 4.85. The van der Waals surface area contributed by atoms with Gasteiger partial charge in [0.1, 0.15) is 5.54 Å². The number of unbranched alkanes of at least 4 members (excludes halogenated alkanes) is 1. The van der Waals surface area contributed by atoms with E-state index in [0.29, 0.717) is 12.8 Å². The summed E-state index contributed by atoms with van der Waals surface area (Å²) in [6, 6.07) is 3.85. The third kappa shape index (κ3) is 3.32. The first-order valence-electron chi connectivity index (χ1n) is 5.13. The van der Waals surface area contributed by atoms with Crippen LogP contribution in [0.25, 0.3) is 0 Å². The van der Waals surface area contributed by atoms with Gasteiger partial charge in [-0.3, -0.25) is 4.79 Å². The van der Waals surface area contributed by atoms with Gasteiger partial charge in [0.05, 0.1) is 0 Å². The predicted molar refractivity (Wildman–Crippen MR) is 62.1 cm³/mol. The molecule has 0 saturated carbocycles. The van der Waals surface area contributed by atoms with Gasteiger partial charge in [0.25, 0.3) is 0 Å². The summed E-state index contributed by atoms with van der Waals surface area (Å²) in [5, 5.41) is 11.1. The molecule has 0 fully saturated rings. The van der Waals surface area contributed by atoms with Gasteiger partial charge >= 0.3 is 5.97 Å². The molecule has 0 bridgehead atoms. The minimum absolute atomic E-state index is 0.431. The smallest absolute Gasteiger partial charge is 0.324 e. The zero-order chi connectivity index (χ0) is 11.3. The lowest BCUT2D eigenvalue weighted by Crippen LogP contribution is -2.49. The molecule has 1 heterocycles. The van der Waals surface area contributed by atoms with Gasteiger partial charge in [-0.15, -0.1) is 11.3 Å². The SMILES string of the molecule is CCCC[C@](N)(Cc1cccs1)C(=O)O. The van der Waals surface area contributed by atoms with Crippen LogP contribution in [0.4, 0.5) is 0 Å². The molecule has 0 aliphatic carbocycles. The van der Waals surface area contributed by atoms with Crippen molar-refractivity contribution in [1.82, 2.24) is 0 Å². The Labute approximate surface area is 93.9 Å². The molecule has 0 radical (unpaired) electrons. The first kappa shape index (κ1) is 12.2. The van der Waals surface area contributed by atoms with Crippen molar-refractivity contribution in [2.24, 2.45) is 5.73 Å². The second kappa shape index (κ2) is 5.28. The minimum Gasteiger partial charge on any atom is -0.480 e. The van der Waals surface area contributed by atoms with Crippen LogP contribution in [0.15, 0.2) is 17.5 Å². The maximum absolute atomic E-state index is 11.1. The number of carboxylic acid groups (broad SMARTS) is 1. The van der Waals surface area contributed by atoms with Gasteiger partial charge < -0.3 is 10.8 Å². The van der Waals surface area contributed by atoms with Crippen molar-refractivity contribution in [3.8, 4) is 0 Å². The normalized spacial score (nSPS) is 14.8. The molecule has 3 nitrogen and oxygen atoms in total. The van der Waals surface area contributed by atoms with Crippen molar-refractivity contribution in [1.29, 1.82) is 0 Å². The highest BCUT2D eigenvalue weighted by molar-refractivity contribution is 7.09. The molecule has 0 unspecified atom stereocenters. The van der Waals surface area contributed by atoms with E-state index in [1.165, 1.54) is 0 Å². The maximum atomic E-state index is 11.1. The quantitative estimate of drug-likeness (QED) is 0.783. The zero-order valence-electron chi connectivity index (χ0n) is 8.90. The molecule has 1 aromatic rings. The summed E-state index contributed by atoms with van der Waals surface area (Å²) in [5.41, 5.74) is 4.83. The molecular weight excluding hydrogens is 210 g/mol. The third-order valence-corrected chi connectivity index (χ3v) is 3.35. The molecule has 1 aromatic heterocycles. The van der Waals surface area contributed by atoms with E-state index in [9.17, 15) is 4.79 Å². The summed E-state index contributed by atoms with van der Waals surface area (Å²) < 4.78 is 0. The molecule has 1 atom stereocenters. The molecule has 3 N–H and O–H groups in total. The molecular formula is C11H17NO2S. The van der Waals surface area contributed by atoms with Crippen LogP contribution in [0.1, 0.15) is 31.1 Å². The van der Waals surface area contributed by atoms with Gasteiger partial charge in [-0.25, -0.2) is 0 Å². The van der Waals surface area contributed by atoms with Crippen molar-refractivity contribution < 1.29 is 9.90 Å². The molecule has 0 aromatic carbocycles. The molecule has 4 heteroatoms. The van der Waals surface area contributed by atoms with E-state index in [-0.39, 0.29) is 0 Å². The first-order valence-corrected chi connectivity index (χ1v) is 6.01. The van der Waals surface area contributed by atoms with E-state index >= 15 is 0 Å². The van der Waals surface area contributed by atoms with E-state index in [0.717, 1.165) is 17.7 Å². The number of nitrogens with two attached hydrogens (primary N) is 1. The molecule has 0 saturated heterocycles. The summed E-state index contributed by atoms with van der Waals surface area (Å²) in [5.74, 6) is -0.899. The summed E-state index contributed by atoms with van der Waals surface area (Å²) in [6.07, 6.45) is 2.79.